The van der Waals surface area contributed by atoms with Crippen molar-refractivity contribution in [3.63, 3.8) is 0 Å². The predicted octanol–water partition coefficient (Wildman–Crippen LogP) is 2.75. The molecule has 0 N–H and O–H groups in total. The summed E-state index contributed by atoms with van der Waals surface area (Å²) >= 11 is 11.5. The van der Waals surface area contributed by atoms with Crippen molar-refractivity contribution in [2.45, 2.75) is 0 Å². The van der Waals surface area contributed by atoms with Crippen LogP contribution in [-0.2, 0) is 0 Å². The van der Waals surface area contributed by atoms with Crippen molar-refractivity contribution >= 4 is 49.5 Å². The van der Waals surface area contributed by atoms with Crippen molar-refractivity contribution in [1.29, 1.82) is 0 Å². The van der Waals surface area contributed by atoms with Gasteiger partial charge in [-0.3, -0.25) is 0 Å². The zero-order chi connectivity index (χ0) is 6.62. The summed E-state index contributed by atoms with van der Waals surface area (Å²) in [5.41, 5.74) is 0. The van der Waals surface area contributed by atoms with Gasteiger partial charge in [-0.1, -0.05) is 0 Å². The van der Waals surface area contributed by atoms with E-state index < -0.39 is 4.83 Å². The van der Waals surface area contributed by atoms with Gasteiger partial charge in [0.15, 0.2) is 0 Å². The van der Waals surface area contributed by atoms with Crippen LogP contribution in [-0.4, -0.2) is 23.6 Å². The summed E-state index contributed by atoms with van der Waals surface area (Å²) in [5.74, 6) is 0. The molecular formula is C3H9ClS3Si. The van der Waals surface area contributed by atoms with Gasteiger partial charge in [0.1, 0.15) is 0 Å². The summed E-state index contributed by atoms with van der Waals surface area (Å²) in [4.78, 5) is -1.45. The Morgan fingerprint density at radius 3 is 1.25 bits per heavy atom. The number of hydrogen-bond acceptors (Lipinski definition) is 3. The first-order valence-corrected chi connectivity index (χ1v) is 10.9. The fourth-order valence-corrected chi connectivity index (χ4v) is 6.75. The van der Waals surface area contributed by atoms with Crippen LogP contribution < -0.4 is 0 Å². The third kappa shape index (κ3) is 2.92. The van der Waals surface area contributed by atoms with Crippen molar-refractivity contribution in [3.05, 3.63) is 0 Å². The molecule has 0 fully saturated rings. The van der Waals surface area contributed by atoms with Crippen LogP contribution in [0, 0.1) is 0 Å². The van der Waals surface area contributed by atoms with E-state index in [1.165, 1.54) is 0 Å². The highest BCUT2D eigenvalue weighted by molar-refractivity contribution is 8.85. The van der Waals surface area contributed by atoms with Crippen molar-refractivity contribution < 1.29 is 0 Å². The Hall–Kier alpha value is 1.56. The fourth-order valence-electron chi connectivity index (χ4n) is 0.250. The van der Waals surface area contributed by atoms with E-state index in [0.717, 1.165) is 0 Å². The molecular weight excluding hydrogens is 196 g/mol. The molecule has 0 rings (SSSR count). The second kappa shape index (κ2) is 4.38. The van der Waals surface area contributed by atoms with E-state index in [1.54, 1.807) is 33.6 Å². The number of rotatable bonds is 3. The van der Waals surface area contributed by atoms with Crippen molar-refractivity contribution in [1.82, 2.24) is 0 Å². The van der Waals surface area contributed by atoms with Gasteiger partial charge < -0.3 is 0 Å². The van der Waals surface area contributed by atoms with E-state index in [0.29, 0.717) is 0 Å². The summed E-state index contributed by atoms with van der Waals surface area (Å²) in [6, 6.07) is 0. The van der Waals surface area contributed by atoms with E-state index in [1.807, 2.05) is 0 Å². The van der Waals surface area contributed by atoms with Gasteiger partial charge in [-0.25, -0.2) is 0 Å². The van der Waals surface area contributed by atoms with E-state index in [4.69, 9.17) is 11.1 Å². The Morgan fingerprint density at radius 2 is 1.25 bits per heavy atom. The molecule has 0 aromatic carbocycles. The minimum atomic E-state index is -1.45. The summed E-state index contributed by atoms with van der Waals surface area (Å²) in [6.45, 7) is 0. The molecule has 0 aliphatic heterocycles. The van der Waals surface area contributed by atoms with Gasteiger partial charge in [-0.2, -0.15) is 33.6 Å². The maximum absolute atomic E-state index is 6.12. The van der Waals surface area contributed by atoms with Crippen LogP contribution in [0.3, 0.4) is 0 Å². The lowest BCUT2D eigenvalue weighted by atomic mass is 12.0. The van der Waals surface area contributed by atoms with Crippen molar-refractivity contribution in [3.8, 4) is 0 Å². The topological polar surface area (TPSA) is 0 Å². The lowest BCUT2D eigenvalue weighted by molar-refractivity contribution is 2.51. The summed E-state index contributed by atoms with van der Waals surface area (Å²) < 4.78 is 0. The van der Waals surface area contributed by atoms with Gasteiger partial charge in [0.05, 0.1) is 0 Å². The smallest absolute Gasteiger partial charge is 0.150 e. The third-order valence-electron chi connectivity index (χ3n) is 0.731. The Morgan fingerprint density at radius 1 is 1.00 bits per heavy atom. The minimum Gasteiger partial charge on any atom is -0.150 e. The molecule has 0 atom stereocenters. The van der Waals surface area contributed by atoms with Crippen molar-refractivity contribution in [2.75, 3.05) is 18.8 Å². The molecule has 8 heavy (non-hydrogen) atoms. The van der Waals surface area contributed by atoms with Gasteiger partial charge in [0.25, 0.3) is 0 Å². The second-order valence-electron chi connectivity index (χ2n) is 1.09. The Labute approximate surface area is 68.2 Å². The van der Waals surface area contributed by atoms with Gasteiger partial charge in [0.2, 0.25) is 0 Å². The molecule has 0 aliphatic rings. The molecule has 5 heteroatoms. The van der Waals surface area contributed by atoms with Crippen LogP contribution in [0.4, 0.5) is 0 Å². The second-order valence-corrected chi connectivity index (χ2v) is 18.5. The van der Waals surface area contributed by atoms with Gasteiger partial charge in [0, 0.05) is 0 Å². The SMILES string of the molecule is CS[Si](Cl)(SC)SC. The van der Waals surface area contributed by atoms with Gasteiger partial charge in [-0.05, 0) is 18.8 Å². The first-order valence-electron chi connectivity index (χ1n) is 2.03. The van der Waals surface area contributed by atoms with Crippen LogP contribution in [0.2, 0.25) is 0 Å². The fraction of sp³-hybridized carbons (Fsp3) is 1.00. The van der Waals surface area contributed by atoms with Gasteiger partial charge in [-0.15, -0.1) is 11.1 Å². The van der Waals surface area contributed by atoms with Crippen LogP contribution in [0.1, 0.15) is 0 Å². The van der Waals surface area contributed by atoms with Crippen LogP contribution in [0.15, 0.2) is 0 Å². The summed E-state index contributed by atoms with van der Waals surface area (Å²) in [6.07, 6.45) is 6.23. The highest BCUT2D eigenvalue weighted by Crippen LogP contribution is 2.40. The predicted molar refractivity (Wildman–Crippen MR) is 52.2 cm³/mol. The van der Waals surface area contributed by atoms with Crippen LogP contribution in [0.5, 0.6) is 0 Å². The molecule has 0 aliphatic carbocycles. The highest BCUT2D eigenvalue weighted by atomic mass is 35.6. The standard InChI is InChI=1S/C3H9ClS3Si/c1-5-8(4,6-2)7-3/h1-3H3. The van der Waals surface area contributed by atoms with E-state index in [2.05, 4.69) is 18.8 Å². The quantitative estimate of drug-likeness (QED) is 0.513. The Bertz CT molecular complexity index is 57.3. The largest absolute Gasteiger partial charge is 0.334 e. The zero-order valence-corrected chi connectivity index (χ0v) is 9.31. The molecule has 0 aromatic rings. The number of hydrogen-bond donors (Lipinski definition) is 0. The highest BCUT2D eigenvalue weighted by Gasteiger charge is 2.27. The minimum absolute atomic E-state index is 1.45. The van der Waals surface area contributed by atoms with E-state index in [-0.39, 0.29) is 0 Å². The summed E-state index contributed by atoms with van der Waals surface area (Å²) in [7, 11) is 0. The lowest BCUT2D eigenvalue weighted by Gasteiger charge is -2.14. The van der Waals surface area contributed by atoms with Crippen LogP contribution >= 0.6 is 44.7 Å². The zero-order valence-electron chi connectivity index (χ0n) is 5.10. The number of halogens is 1. The van der Waals surface area contributed by atoms with Crippen LogP contribution in [0.25, 0.3) is 0 Å². The third-order valence-corrected chi connectivity index (χ3v) is 19.7. The molecule has 0 amide bonds. The molecule has 0 unspecified atom stereocenters. The van der Waals surface area contributed by atoms with Crippen molar-refractivity contribution in [2.24, 2.45) is 0 Å². The molecule has 0 spiro atoms. The first-order chi connectivity index (χ1) is 3.68. The van der Waals surface area contributed by atoms with E-state index in [9.17, 15) is 0 Å². The lowest BCUT2D eigenvalue weighted by Crippen LogP contribution is -2.09. The molecule has 0 saturated heterocycles. The maximum atomic E-state index is 6.12. The molecule has 0 bridgehead atoms. The maximum Gasteiger partial charge on any atom is 0.334 e. The summed E-state index contributed by atoms with van der Waals surface area (Å²) in [5, 5.41) is 0. The normalized spacial score (nSPS) is 12.0. The molecule has 0 saturated carbocycles. The first kappa shape index (κ1) is 9.56. The Balaban J connectivity index is 3.58. The van der Waals surface area contributed by atoms with E-state index >= 15 is 0 Å². The monoisotopic (exact) mass is 204 g/mol. The molecule has 0 radical (unpaired) electrons. The molecule has 0 nitrogen and oxygen atoms in total. The Kier molecular flexibility index (Phi) is 5.24. The van der Waals surface area contributed by atoms with Gasteiger partial charge >= 0.3 is 4.83 Å². The molecule has 0 aromatic heterocycles. The molecule has 50 valence electrons. The molecule has 0 heterocycles. The average Bonchev–Trinajstić information content (AvgIpc) is 1.87. The average molecular weight is 205 g/mol.